The Morgan fingerprint density at radius 3 is 2.65 bits per heavy atom. The molecule has 1 aromatic heterocycles. The molecule has 0 aromatic carbocycles. The average molecular weight is 288 g/mol. The lowest BCUT2D eigenvalue weighted by molar-refractivity contribution is -0.141. The number of carbonyl (C=O) groups excluding carboxylic acids is 1. The van der Waals surface area contributed by atoms with Gasteiger partial charge in [-0.3, -0.25) is 9.78 Å². The second kappa shape index (κ2) is 5.40. The number of pyridine rings is 1. The van der Waals surface area contributed by atoms with E-state index in [-0.39, 0.29) is 17.4 Å². The molecule has 0 spiro atoms. The molecule has 2 unspecified atom stereocenters. The number of carbonyl (C=O) groups is 1. The summed E-state index contributed by atoms with van der Waals surface area (Å²) in [6.45, 7) is 2.61. The molecule has 0 bridgehead atoms. The van der Waals surface area contributed by atoms with Gasteiger partial charge in [-0.25, -0.2) is 0 Å². The molecule has 1 amide bonds. The van der Waals surface area contributed by atoms with Gasteiger partial charge in [-0.15, -0.1) is 0 Å². The number of rotatable bonds is 1. The van der Waals surface area contributed by atoms with Crippen LogP contribution < -0.4 is 0 Å². The topological polar surface area (TPSA) is 53.4 Å². The maximum Gasteiger partial charge on any atom is 0.433 e. The Labute approximate surface area is 114 Å². The van der Waals surface area contributed by atoms with Crippen LogP contribution in [0.25, 0.3) is 0 Å². The molecule has 1 fully saturated rings. The summed E-state index contributed by atoms with van der Waals surface area (Å²) >= 11 is 0. The molecule has 2 atom stereocenters. The van der Waals surface area contributed by atoms with Crippen LogP contribution in [0, 0.1) is 5.92 Å². The Hall–Kier alpha value is -1.63. The second-order valence-corrected chi connectivity index (χ2v) is 5.01. The maximum absolute atomic E-state index is 12.4. The SMILES string of the molecule is CC1CN(C(=O)c2ccc(C(F)(F)F)nc2)CCC1O. The summed E-state index contributed by atoms with van der Waals surface area (Å²) in [6.07, 6.45) is -3.53. The number of hydrogen-bond acceptors (Lipinski definition) is 3. The van der Waals surface area contributed by atoms with E-state index in [9.17, 15) is 23.1 Å². The highest BCUT2D eigenvalue weighted by Gasteiger charge is 2.33. The molecule has 4 nitrogen and oxygen atoms in total. The van der Waals surface area contributed by atoms with Gasteiger partial charge in [-0.05, 0) is 24.5 Å². The first-order chi connectivity index (χ1) is 9.29. The largest absolute Gasteiger partial charge is 0.433 e. The molecule has 1 N–H and O–H groups in total. The zero-order chi connectivity index (χ0) is 14.9. The fraction of sp³-hybridized carbons (Fsp3) is 0.538. The van der Waals surface area contributed by atoms with Gasteiger partial charge in [0.2, 0.25) is 0 Å². The lowest BCUT2D eigenvalue weighted by Gasteiger charge is -2.34. The second-order valence-electron chi connectivity index (χ2n) is 5.01. The molecule has 0 radical (unpaired) electrons. The minimum atomic E-state index is -4.51. The number of nitrogens with zero attached hydrogens (tertiary/aromatic N) is 2. The molecule has 1 aliphatic heterocycles. The molecule has 20 heavy (non-hydrogen) atoms. The van der Waals surface area contributed by atoms with Crippen LogP contribution in [0.1, 0.15) is 29.4 Å². The molecule has 7 heteroatoms. The van der Waals surface area contributed by atoms with Crippen molar-refractivity contribution in [2.24, 2.45) is 5.92 Å². The molecule has 1 aromatic rings. The molecular formula is C13H15F3N2O2. The molecule has 2 rings (SSSR count). The van der Waals surface area contributed by atoms with E-state index in [1.54, 1.807) is 0 Å². The van der Waals surface area contributed by atoms with E-state index in [0.29, 0.717) is 19.5 Å². The lowest BCUT2D eigenvalue weighted by atomic mass is 9.96. The number of hydrogen-bond donors (Lipinski definition) is 1. The number of alkyl halides is 3. The van der Waals surface area contributed by atoms with Gasteiger partial charge in [-0.2, -0.15) is 13.2 Å². The van der Waals surface area contributed by atoms with Gasteiger partial charge < -0.3 is 10.0 Å². The van der Waals surface area contributed by atoms with Crippen LogP contribution >= 0.6 is 0 Å². The van der Waals surface area contributed by atoms with E-state index >= 15 is 0 Å². The van der Waals surface area contributed by atoms with E-state index in [4.69, 9.17) is 0 Å². The zero-order valence-electron chi connectivity index (χ0n) is 10.9. The van der Waals surface area contributed by atoms with Gasteiger partial charge in [0.25, 0.3) is 5.91 Å². The first-order valence-corrected chi connectivity index (χ1v) is 6.29. The first-order valence-electron chi connectivity index (χ1n) is 6.29. The van der Waals surface area contributed by atoms with Crippen LogP contribution in [0.15, 0.2) is 18.3 Å². The van der Waals surface area contributed by atoms with Crippen LogP contribution in [0.2, 0.25) is 0 Å². The normalized spacial score (nSPS) is 23.8. The highest BCUT2D eigenvalue weighted by Crippen LogP contribution is 2.27. The molecule has 0 saturated carbocycles. The van der Waals surface area contributed by atoms with Crippen molar-refractivity contribution in [1.29, 1.82) is 0 Å². The van der Waals surface area contributed by atoms with Crippen LogP contribution in [0.5, 0.6) is 0 Å². The number of aromatic nitrogens is 1. The van der Waals surface area contributed by atoms with Crippen molar-refractivity contribution >= 4 is 5.91 Å². The maximum atomic E-state index is 12.4. The predicted molar refractivity (Wildman–Crippen MR) is 64.9 cm³/mol. The van der Waals surface area contributed by atoms with Crippen LogP contribution in [0.4, 0.5) is 13.2 Å². The first kappa shape index (κ1) is 14.8. The summed E-state index contributed by atoms with van der Waals surface area (Å²) in [7, 11) is 0. The minimum Gasteiger partial charge on any atom is -0.393 e. The fourth-order valence-electron chi connectivity index (χ4n) is 2.19. The van der Waals surface area contributed by atoms with Crippen LogP contribution in [-0.2, 0) is 6.18 Å². The highest BCUT2D eigenvalue weighted by molar-refractivity contribution is 5.94. The summed E-state index contributed by atoms with van der Waals surface area (Å²) in [5.74, 6) is -0.403. The van der Waals surface area contributed by atoms with Crippen molar-refractivity contribution in [1.82, 2.24) is 9.88 Å². The van der Waals surface area contributed by atoms with Gasteiger partial charge >= 0.3 is 6.18 Å². The number of aliphatic hydroxyl groups is 1. The summed E-state index contributed by atoms with van der Waals surface area (Å²) in [4.78, 5) is 16.9. The van der Waals surface area contributed by atoms with Gasteiger partial charge in [0.1, 0.15) is 5.69 Å². The Kier molecular flexibility index (Phi) is 3.99. The fourth-order valence-corrected chi connectivity index (χ4v) is 2.19. The van der Waals surface area contributed by atoms with Crippen molar-refractivity contribution in [3.63, 3.8) is 0 Å². The Morgan fingerprint density at radius 1 is 1.45 bits per heavy atom. The third kappa shape index (κ3) is 3.09. The van der Waals surface area contributed by atoms with Gasteiger partial charge in [0, 0.05) is 19.3 Å². The minimum absolute atomic E-state index is 0.0462. The summed E-state index contributed by atoms with van der Waals surface area (Å²) in [5, 5.41) is 9.60. The Balaban J connectivity index is 2.10. The standard InChI is InChI=1S/C13H15F3N2O2/c1-8-7-18(5-4-10(8)19)12(20)9-2-3-11(17-6-9)13(14,15)16/h2-3,6,8,10,19H,4-5,7H2,1H3. The number of amides is 1. The molecule has 1 aliphatic rings. The molecule has 110 valence electrons. The summed E-state index contributed by atoms with van der Waals surface area (Å²) < 4.78 is 37.2. The molecular weight excluding hydrogens is 273 g/mol. The van der Waals surface area contributed by atoms with E-state index < -0.39 is 18.0 Å². The van der Waals surface area contributed by atoms with E-state index in [0.717, 1.165) is 18.3 Å². The number of piperidine rings is 1. The lowest BCUT2D eigenvalue weighted by Crippen LogP contribution is -2.45. The number of likely N-dealkylation sites (tertiary alicyclic amines) is 1. The van der Waals surface area contributed by atoms with Crippen molar-refractivity contribution in [2.75, 3.05) is 13.1 Å². The summed E-state index contributed by atoms with van der Waals surface area (Å²) in [5.41, 5.74) is -0.891. The summed E-state index contributed by atoms with van der Waals surface area (Å²) in [6, 6.07) is 1.93. The zero-order valence-corrected chi connectivity index (χ0v) is 10.9. The highest BCUT2D eigenvalue weighted by atomic mass is 19.4. The monoisotopic (exact) mass is 288 g/mol. The van der Waals surface area contributed by atoms with Gasteiger partial charge in [-0.1, -0.05) is 6.92 Å². The van der Waals surface area contributed by atoms with E-state index in [1.807, 2.05) is 6.92 Å². The number of halogens is 3. The number of aliphatic hydroxyl groups excluding tert-OH is 1. The van der Waals surface area contributed by atoms with Crippen molar-refractivity contribution in [3.05, 3.63) is 29.6 Å². The van der Waals surface area contributed by atoms with Gasteiger partial charge in [0.15, 0.2) is 0 Å². The third-order valence-electron chi connectivity index (χ3n) is 3.45. The van der Waals surface area contributed by atoms with Crippen molar-refractivity contribution in [2.45, 2.75) is 25.6 Å². The van der Waals surface area contributed by atoms with Crippen LogP contribution in [-0.4, -0.2) is 40.1 Å². The van der Waals surface area contributed by atoms with E-state index in [1.165, 1.54) is 4.90 Å². The smallest absolute Gasteiger partial charge is 0.393 e. The average Bonchev–Trinajstić information content (AvgIpc) is 2.40. The van der Waals surface area contributed by atoms with Gasteiger partial charge in [0.05, 0.1) is 11.7 Å². The van der Waals surface area contributed by atoms with Crippen molar-refractivity contribution in [3.8, 4) is 0 Å². The molecule has 2 heterocycles. The quantitative estimate of drug-likeness (QED) is 0.859. The van der Waals surface area contributed by atoms with Crippen molar-refractivity contribution < 1.29 is 23.1 Å². The third-order valence-corrected chi connectivity index (χ3v) is 3.45. The van der Waals surface area contributed by atoms with E-state index in [2.05, 4.69) is 4.98 Å². The van der Waals surface area contributed by atoms with Crippen LogP contribution in [0.3, 0.4) is 0 Å². The Bertz CT molecular complexity index is 487. The predicted octanol–water partition coefficient (Wildman–Crippen LogP) is 1.94. The Morgan fingerprint density at radius 2 is 2.15 bits per heavy atom. The molecule has 1 saturated heterocycles. The molecule has 0 aliphatic carbocycles.